The van der Waals surface area contributed by atoms with E-state index in [1.807, 2.05) is 0 Å². The molecule has 6 heteroatoms. The first-order valence-corrected chi connectivity index (χ1v) is 6.51. The molecule has 0 bridgehead atoms. The predicted octanol–water partition coefficient (Wildman–Crippen LogP) is 1.23. The molecule has 1 fully saturated rings. The van der Waals surface area contributed by atoms with Crippen LogP contribution < -0.4 is 10.5 Å². The molecule has 1 aromatic rings. The van der Waals surface area contributed by atoms with Crippen molar-refractivity contribution in [3.63, 3.8) is 0 Å². The van der Waals surface area contributed by atoms with Crippen LogP contribution >= 0.6 is 0 Å². The van der Waals surface area contributed by atoms with Crippen molar-refractivity contribution in [1.82, 2.24) is 9.88 Å². The van der Waals surface area contributed by atoms with Gasteiger partial charge < -0.3 is 15.6 Å². The van der Waals surface area contributed by atoms with E-state index in [9.17, 15) is 4.79 Å². The van der Waals surface area contributed by atoms with Crippen LogP contribution in [0.5, 0.6) is 5.88 Å². The lowest BCUT2D eigenvalue weighted by Gasteiger charge is -2.26. The number of carboxylic acids is 1. The maximum absolute atomic E-state index is 10.9. The molecule has 1 saturated heterocycles. The van der Waals surface area contributed by atoms with Crippen LogP contribution in [0.3, 0.4) is 0 Å². The van der Waals surface area contributed by atoms with Gasteiger partial charge in [0.05, 0.1) is 5.56 Å². The average molecular weight is 265 g/mol. The summed E-state index contributed by atoms with van der Waals surface area (Å²) in [6.07, 6.45) is 5.16. The minimum Gasteiger partial charge on any atom is -0.478 e. The van der Waals surface area contributed by atoms with Gasteiger partial charge in [-0.2, -0.15) is 0 Å². The van der Waals surface area contributed by atoms with Gasteiger partial charge in [0.15, 0.2) is 0 Å². The molecule has 0 unspecified atom stereocenters. The van der Waals surface area contributed by atoms with Gasteiger partial charge in [-0.05, 0) is 32.0 Å². The lowest BCUT2D eigenvalue weighted by molar-refractivity contribution is 0.0697. The number of nitrogens with zero attached hydrogens (tertiary/aromatic N) is 2. The van der Waals surface area contributed by atoms with Gasteiger partial charge in [0.1, 0.15) is 12.3 Å². The molecule has 2 heterocycles. The highest BCUT2D eigenvalue weighted by molar-refractivity contribution is 5.94. The van der Waals surface area contributed by atoms with Gasteiger partial charge in [-0.1, -0.05) is 6.42 Å². The third kappa shape index (κ3) is 3.57. The van der Waals surface area contributed by atoms with Crippen molar-refractivity contribution >= 4 is 11.7 Å². The second kappa shape index (κ2) is 6.38. The van der Waals surface area contributed by atoms with Crippen LogP contribution in [0.1, 0.15) is 29.6 Å². The minimum absolute atomic E-state index is 0.0305. The smallest absolute Gasteiger partial charge is 0.338 e. The van der Waals surface area contributed by atoms with Crippen LogP contribution in [0.25, 0.3) is 0 Å². The van der Waals surface area contributed by atoms with Crippen LogP contribution in [-0.4, -0.2) is 47.2 Å². The second-order valence-corrected chi connectivity index (χ2v) is 4.63. The van der Waals surface area contributed by atoms with Crippen LogP contribution in [-0.2, 0) is 0 Å². The topological polar surface area (TPSA) is 88.7 Å². The van der Waals surface area contributed by atoms with Crippen molar-refractivity contribution in [3.05, 3.63) is 17.8 Å². The Labute approximate surface area is 112 Å². The number of carbonyl (C=O) groups is 1. The highest BCUT2D eigenvalue weighted by Gasteiger charge is 2.14. The highest BCUT2D eigenvalue weighted by atomic mass is 16.5. The molecule has 6 nitrogen and oxygen atoms in total. The number of likely N-dealkylation sites (tertiary alicyclic amines) is 1. The van der Waals surface area contributed by atoms with E-state index in [1.54, 1.807) is 0 Å². The number of hydrogen-bond acceptors (Lipinski definition) is 5. The average Bonchev–Trinajstić information content (AvgIpc) is 2.41. The Kier molecular flexibility index (Phi) is 4.57. The van der Waals surface area contributed by atoms with E-state index in [2.05, 4.69) is 9.88 Å². The van der Waals surface area contributed by atoms with Gasteiger partial charge in [-0.25, -0.2) is 9.78 Å². The molecule has 0 saturated carbocycles. The number of piperidine rings is 1. The molecule has 1 aliphatic rings. The summed E-state index contributed by atoms with van der Waals surface area (Å²) < 4.78 is 5.49. The molecule has 3 N–H and O–H groups in total. The monoisotopic (exact) mass is 265 g/mol. The Morgan fingerprint density at radius 3 is 2.84 bits per heavy atom. The van der Waals surface area contributed by atoms with Crippen molar-refractivity contribution in [3.8, 4) is 5.88 Å². The standard InChI is InChI=1S/C13H19N3O3/c14-11-10(13(17)18)4-5-15-12(11)19-9-8-16-6-2-1-3-7-16/h4-5H,1-3,6-9,14H2,(H,17,18). The van der Waals surface area contributed by atoms with Crippen LogP contribution in [0.2, 0.25) is 0 Å². The summed E-state index contributed by atoms with van der Waals surface area (Å²) in [4.78, 5) is 17.2. The Morgan fingerprint density at radius 1 is 1.42 bits per heavy atom. The molecular weight excluding hydrogens is 246 g/mol. The van der Waals surface area contributed by atoms with Gasteiger partial charge >= 0.3 is 5.97 Å². The molecule has 19 heavy (non-hydrogen) atoms. The number of anilines is 1. The number of nitrogen functional groups attached to an aromatic ring is 1. The first kappa shape index (κ1) is 13.6. The molecule has 0 radical (unpaired) electrons. The fraction of sp³-hybridized carbons (Fsp3) is 0.538. The summed E-state index contributed by atoms with van der Waals surface area (Å²) >= 11 is 0. The van der Waals surface area contributed by atoms with Gasteiger partial charge in [0.2, 0.25) is 5.88 Å². The predicted molar refractivity (Wildman–Crippen MR) is 71.4 cm³/mol. The van der Waals surface area contributed by atoms with E-state index in [4.69, 9.17) is 15.6 Å². The lowest BCUT2D eigenvalue weighted by Crippen LogP contribution is -2.33. The van der Waals surface area contributed by atoms with E-state index < -0.39 is 5.97 Å². The van der Waals surface area contributed by atoms with E-state index >= 15 is 0 Å². The Morgan fingerprint density at radius 2 is 2.16 bits per heavy atom. The summed E-state index contributed by atoms with van der Waals surface area (Å²) in [5, 5.41) is 8.95. The zero-order valence-corrected chi connectivity index (χ0v) is 10.8. The minimum atomic E-state index is -1.07. The van der Waals surface area contributed by atoms with Crippen molar-refractivity contribution in [2.45, 2.75) is 19.3 Å². The molecule has 0 aromatic carbocycles. The van der Waals surface area contributed by atoms with E-state index in [-0.39, 0.29) is 17.1 Å². The maximum Gasteiger partial charge on any atom is 0.338 e. The van der Waals surface area contributed by atoms with Crippen LogP contribution in [0, 0.1) is 0 Å². The number of carboxylic acid groups (broad SMARTS) is 1. The van der Waals surface area contributed by atoms with Crippen LogP contribution in [0.15, 0.2) is 12.3 Å². The number of ether oxygens (including phenoxy) is 1. The Bertz CT molecular complexity index is 445. The van der Waals surface area contributed by atoms with Gasteiger partial charge in [0, 0.05) is 12.7 Å². The second-order valence-electron chi connectivity index (χ2n) is 4.63. The van der Waals surface area contributed by atoms with Crippen molar-refractivity contribution in [2.24, 2.45) is 0 Å². The molecule has 0 amide bonds. The van der Waals surface area contributed by atoms with E-state index in [0.29, 0.717) is 6.61 Å². The van der Waals surface area contributed by atoms with Crippen molar-refractivity contribution < 1.29 is 14.6 Å². The third-order valence-electron chi connectivity index (χ3n) is 3.28. The fourth-order valence-corrected chi connectivity index (χ4v) is 2.21. The molecule has 1 aromatic heterocycles. The van der Waals surface area contributed by atoms with Crippen molar-refractivity contribution in [2.75, 3.05) is 32.0 Å². The number of rotatable bonds is 5. The molecule has 104 valence electrons. The van der Waals surface area contributed by atoms with Crippen molar-refractivity contribution in [1.29, 1.82) is 0 Å². The zero-order chi connectivity index (χ0) is 13.7. The Hall–Kier alpha value is -1.82. The number of nitrogens with two attached hydrogens (primary N) is 1. The molecule has 0 aliphatic carbocycles. The maximum atomic E-state index is 10.9. The van der Waals surface area contributed by atoms with Gasteiger partial charge in [-0.3, -0.25) is 4.90 Å². The number of pyridine rings is 1. The van der Waals surface area contributed by atoms with E-state index in [0.717, 1.165) is 19.6 Å². The SMILES string of the molecule is Nc1c(C(=O)O)ccnc1OCCN1CCCCC1. The summed E-state index contributed by atoms with van der Waals surface area (Å²) in [5.74, 6) is -0.863. The van der Waals surface area contributed by atoms with Gasteiger partial charge in [-0.15, -0.1) is 0 Å². The molecule has 2 rings (SSSR count). The highest BCUT2D eigenvalue weighted by Crippen LogP contribution is 2.22. The lowest BCUT2D eigenvalue weighted by atomic mass is 10.1. The summed E-state index contributed by atoms with van der Waals surface area (Å²) in [7, 11) is 0. The first-order chi connectivity index (χ1) is 9.18. The molecular formula is C13H19N3O3. The summed E-state index contributed by atoms with van der Waals surface area (Å²) in [6.45, 7) is 3.49. The quantitative estimate of drug-likeness (QED) is 0.832. The number of hydrogen-bond donors (Lipinski definition) is 2. The van der Waals surface area contributed by atoms with Gasteiger partial charge in [0.25, 0.3) is 0 Å². The zero-order valence-electron chi connectivity index (χ0n) is 10.8. The molecule has 0 atom stereocenters. The summed E-state index contributed by atoms with van der Waals surface area (Å²) in [5.41, 5.74) is 5.84. The van der Waals surface area contributed by atoms with Crippen LogP contribution in [0.4, 0.5) is 5.69 Å². The molecule has 1 aliphatic heterocycles. The number of aromatic carboxylic acids is 1. The normalized spacial score (nSPS) is 16.2. The Balaban J connectivity index is 1.88. The summed E-state index contributed by atoms with van der Waals surface area (Å²) in [6, 6.07) is 1.37. The number of aromatic nitrogens is 1. The largest absolute Gasteiger partial charge is 0.478 e. The van der Waals surface area contributed by atoms with E-state index in [1.165, 1.54) is 31.5 Å². The first-order valence-electron chi connectivity index (χ1n) is 6.51. The fourth-order valence-electron chi connectivity index (χ4n) is 2.21. The molecule has 0 spiro atoms. The third-order valence-corrected chi connectivity index (χ3v) is 3.28.